The number of rotatable bonds is 7. The van der Waals surface area contributed by atoms with E-state index in [2.05, 4.69) is 10.3 Å². The first-order chi connectivity index (χ1) is 15.4. The maximum Gasteiger partial charge on any atom is 0.223 e. The smallest absolute Gasteiger partial charge is 0.223 e. The third-order valence-electron chi connectivity index (χ3n) is 5.88. The molecule has 0 aliphatic carbocycles. The second-order valence-electron chi connectivity index (χ2n) is 8.24. The lowest BCUT2D eigenvalue weighted by Gasteiger charge is -2.30. The van der Waals surface area contributed by atoms with Gasteiger partial charge in [0.1, 0.15) is 0 Å². The Morgan fingerprint density at radius 2 is 1.91 bits per heavy atom. The van der Waals surface area contributed by atoms with Crippen molar-refractivity contribution in [1.82, 2.24) is 19.2 Å². The summed E-state index contributed by atoms with van der Waals surface area (Å²) >= 11 is 0. The van der Waals surface area contributed by atoms with Gasteiger partial charge in [-0.15, -0.1) is 0 Å². The Hall–Kier alpha value is -2.97. The summed E-state index contributed by atoms with van der Waals surface area (Å²) in [4.78, 5) is 16.8. The van der Waals surface area contributed by atoms with Crippen LogP contribution in [0.4, 0.5) is 0 Å². The Balaban J connectivity index is 1.31. The number of carbonyl (C=O) groups excluding carboxylic acids is 1. The molecule has 0 spiro atoms. The number of imidazole rings is 1. The van der Waals surface area contributed by atoms with Crippen molar-refractivity contribution in [1.29, 1.82) is 0 Å². The van der Waals surface area contributed by atoms with Gasteiger partial charge in [-0.1, -0.05) is 48.0 Å². The maximum atomic E-state index is 12.8. The number of nitrogens with zero attached hydrogens (tertiary/aromatic N) is 3. The Morgan fingerprint density at radius 3 is 2.62 bits per heavy atom. The van der Waals surface area contributed by atoms with Gasteiger partial charge in [0.2, 0.25) is 15.9 Å². The Morgan fingerprint density at radius 1 is 1.12 bits per heavy atom. The summed E-state index contributed by atoms with van der Waals surface area (Å²) in [5.41, 5.74) is 3.81. The highest BCUT2D eigenvalue weighted by Crippen LogP contribution is 2.22. The second-order valence-corrected chi connectivity index (χ2v) is 10.2. The molecule has 8 heteroatoms. The number of hydrogen-bond acceptors (Lipinski definition) is 4. The minimum atomic E-state index is -3.40. The molecule has 1 N–H and O–H groups in total. The molecule has 7 nitrogen and oxygen atoms in total. The summed E-state index contributed by atoms with van der Waals surface area (Å²) in [7, 11) is -3.40. The zero-order chi connectivity index (χ0) is 22.6. The van der Waals surface area contributed by atoms with Crippen molar-refractivity contribution in [3.8, 4) is 5.69 Å². The Bertz CT molecular complexity index is 1170. The van der Waals surface area contributed by atoms with E-state index in [1.54, 1.807) is 12.5 Å². The summed E-state index contributed by atoms with van der Waals surface area (Å²) in [5.74, 6) is -0.210. The van der Waals surface area contributed by atoms with E-state index in [-0.39, 0.29) is 17.6 Å². The number of carbonyl (C=O) groups is 1. The molecule has 0 atom stereocenters. The van der Waals surface area contributed by atoms with Gasteiger partial charge in [0.25, 0.3) is 0 Å². The van der Waals surface area contributed by atoms with Crippen LogP contribution < -0.4 is 5.32 Å². The zero-order valence-corrected chi connectivity index (χ0v) is 19.0. The number of aryl methyl sites for hydroxylation is 1. The van der Waals surface area contributed by atoms with E-state index in [0.29, 0.717) is 32.5 Å². The molecule has 1 fully saturated rings. The van der Waals surface area contributed by atoms with Gasteiger partial charge in [0.15, 0.2) is 0 Å². The van der Waals surface area contributed by atoms with Crippen molar-refractivity contribution in [3.63, 3.8) is 0 Å². The predicted octanol–water partition coefficient (Wildman–Crippen LogP) is 3.04. The second kappa shape index (κ2) is 9.67. The van der Waals surface area contributed by atoms with Crippen molar-refractivity contribution >= 4 is 15.9 Å². The molecule has 0 saturated carbocycles. The molecule has 1 aromatic heterocycles. The number of nitrogens with one attached hydrogen (secondary N) is 1. The highest BCUT2D eigenvalue weighted by molar-refractivity contribution is 7.88. The molecular formula is C24H28N4O3S. The molecule has 1 aliphatic heterocycles. The fraction of sp³-hybridized carbons (Fsp3) is 0.333. The normalized spacial score (nSPS) is 15.5. The number of benzene rings is 2. The highest BCUT2D eigenvalue weighted by Gasteiger charge is 2.31. The van der Waals surface area contributed by atoms with Gasteiger partial charge in [0.05, 0.1) is 17.8 Å². The fourth-order valence-corrected chi connectivity index (χ4v) is 5.69. The molecule has 1 saturated heterocycles. The molecular weight excluding hydrogens is 424 g/mol. The first kappa shape index (κ1) is 22.2. The van der Waals surface area contributed by atoms with Gasteiger partial charge in [-0.05, 0) is 37.0 Å². The van der Waals surface area contributed by atoms with Crippen LogP contribution in [0.5, 0.6) is 0 Å². The van der Waals surface area contributed by atoms with Gasteiger partial charge in [-0.25, -0.2) is 17.7 Å². The Labute approximate surface area is 189 Å². The topological polar surface area (TPSA) is 84.3 Å². The van der Waals surface area contributed by atoms with Crippen molar-refractivity contribution in [2.75, 3.05) is 13.1 Å². The summed E-state index contributed by atoms with van der Waals surface area (Å²) in [6.45, 7) is 3.11. The average molecular weight is 453 g/mol. The lowest BCUT2D eigenvalue weighted by Crippen LogP contribution is -2.43. The van der Waals surface area contributed by atoms with Gasteiger partial charge in [0, 0.05) is 37.9 Å². The maximum absolute atomic E-state index is 12.8. The van der Waals surface area contributed by atoms with Crippen LogP contribution in [0, 0.1) is 12.8 Å². The molecule has 2 heterocycles. The minimum Gasteiger partial charge on any atom is -0.352 e. The van der Waals surface area contributed by atoms with E-state index in [1.165, 1.54) is 4.31 Å². The number of piperidine rings is 1. The summed E-state index contributed by atoms with van der Waals surface area (Å²) in [6, 6.07) is 15.4. The lowest BCUT2D eigenvalue weighted by atomic mass is 9.97. The molecule has 2 aromatic carbocycles. The van der Waals surface area contributed by atoms with Crippen LogP contribution >= 0.6 is 0 Å². The van der Waals surface area contributed by atoms with Gasteiger partial charge in [-0.2, -0.15) is 0 Å². The summed E-state index contributed by atoms with van der Waals surface area (Å²) in [5, 5.41) is 3.03. The molecule has 32 heavy (non-hydrogen) atoms. The molecule has 1 amide bonds. The number of sulfonamides is 1. The van der Waals surface area contributed by atoms with Crippen molar-refractivity contribution in [3.05, 3.63) is 83.9 Å². The molecule has 0 unspecified atom stereocenters. The van der Waals surface area contributed by atoms with E-state index in [4.69, 9.17) is 0 Å². The number of aromatic nitrogens is 2. The third-order valence-corrected chi connectivity index (χ3v) is 7.73. The lowest BCUT2D eigenvalue weighted by molar-refractivity contribution is -0.126. The highest BCUT2D eigenvalue weighted by atomic mass is 32.2. The van der Waals surface area contributed by atoms with E-state index < -0.39 is 10.0 Å². The van der Waals surface area contributed by atoms with E-state index in [9.17, 15) is 13.2 Å². The fourth-order valence-electron chi connectivity index (χ4n) is 4.14. The first-order valence-electron chi connectivity index (χ1n) is 10.8. The third kappa shape index (κ3) is 5.26. The van der Waals surface area contributed by atoms with Crippen LogP contribution in [0.15, 0.2) is 67.3 Å². The first-order valence-corrected chi connectivity index (χ1v) is 12.4. The monoisotopic (exact) mass is 452 g/mol. The van der Waals surface area contributed by atoms with E-state index in [1.807, 2.05) is 66.2 Å². The van der Waals surface area contributed by atoms with Crippen molar-refractivity contribution in [2.45, 2.75) is 32.1 Å². The van der Waals surface area contributed by atoms with Crippen LogP contribution in [-0.4, -0.2) is 41.3 Å². The quantitative estimate of drug-likeness (QED) is 0.597. The Kier molecular flexibility index (Phi) is 6.72. The molecule has 1 aliphatic rings. The predicted molar refractivity (Wildman–Crippen MR) is 124 cm³/mol. The van der Waals surface area contributed by atoms with E-state index >= 15 is 0 Å². The minimum absolute atomic E-state index is 0.00340. The standard InChI is InChI=1S/C24H28N4O3S/c1-19-5-4-6-20(15-19)17-32(30,31)28-12-9-21(10-13-28)24(29)26-16-22-7-2-3-8-23(22)27-14-11-25-18-27/h2-8,11,14-15,18,21H,9-10,12-13,16-17H2,1H3,(H,26,29). The van der Waals surface area contributed by atoms with Crippen molar-refractivity contribution in [2.24, 2.45) is 5.92 Å². The molecule has 3 aromatic rings. The number of para-hydroxylation sites is 1. The van der Waals surface area contributed by atoms with Crippen LogP contribution in [0.25, 0.3) is 5.69 Å². The number of hydrogen-bond donors (Lipinski definition) is 1. The van der Waals surface area contributed by atoms with Crippen LogP contribution in [0.3, 0.4) is 0 Å². The zero-order valence-electron chi connectivity index (χ0n) is 18.1. The van der Waals surface area contributed by atoms with Gasteiger partial charge in [-0.3, -0.25) is 4.79 Å². The number of amides is 1. The van der Waals surface area contributed by atoms with Gasteiger partial charge < -0.3 is 9.88 Å². The SMILES string of the molecule is Cc1cccc(CS(=O)(=O)N2CCC(C(=O)NCc3ccccc3-n3ccnc3)CC2)c1. The average Bonchev–Trinajstić information content (AvgIpc) is 3.32. The molecule has 0 bridgehead atoms. The van der Waals surface area contributed by atoms with Crippen LogP contribution in [0.2, 0.25) is 0 Å². The molecule has 4 rings (SSSR count). The van der Waals surface area contributed by atoms with Crippen LogP contribution in [-0.2, 0) is 27.1 Å². The van der Waals surface area contributed by atoms with Crippen LogP contribution in [0.1, 0.15) is 29.5 Å². The molecule has 168 valence electrons. The van der Waals surface area contributed by atoms with E-state index in [0.717, 1.165) is 22.4 Å². The van der Waals surface area contributed by atoms with Crippen molar-refractivity contribution < 1.29 is 13.2 Å². The van der Waals surface area contributed by atoms with Gasteiger partial charge >= 0.3 is 0 Å². The largest absolute Gasteiger partial charge is 0.352 e. The summed E-state index contributed by atoms with van der Waals surface area (Å²) in [6.07, 6.45) is 6.38. The molecule has 0 radical (unpaired) electrons. The summed E-state index contributed by atoms with van der Waals surface area (Å²) < 4.78 is 29.1.